The van der Waals surface area contributed by atoms with Crippen molar-refractivity contribution in [1.29, 1.82) is 0 Å². The number of nitrogens with one attached hydrogen (secondary N) is 2. The predicted octanol–water partition coefficient (Wildman–Crippen LogP) is 1.48. The fraction of sp³-hybridized carbons (Fsp3) is 0.500. The summed E-state index contributed by atoms with van der Waals surface area (Å²) in [6, 6.07) is 5.20. The van der Waals surface area contributed by atoms with Crippen LogP contribution in [0.3, 0.4) is 0 Å². The molecule has 1 unspecified atom stereocenters. The van der Waals surface area contributed by atoms with Gasteiger partial charge < -0.3 is 4.90 Å². The molecule has 1 aliphatic rings. The highest BCUT2D eigenvalue weighted by Crippen LogP contribution is 2.16. The van der Waals surface area contributed by atoms with E-state index in [2.05, 4.69) is 22.7 Å². The van der Waals surface area contributed by atoms with E-state index in [0.29, 0.717) is 6.54 Å². The molecule has 1 saturated heterocycles. The predicted molar refractivity (Wildman–Crippen MR) is 88.2 cm³/mol. The molecule has 8 heteroatoms. The largest absolute Gasteiger partial charge is 0.303 e. The zero-order chi connectivity index (χ0) is 17.5. The van der Waals surface area contributed by atoms with E-state index in [1.165, 1.54) is 24.3 Å². The number of nitro groups is 1. The van der Waals surface area contributed by atoms with Crippen LogP contribution in [0.25, 0.3) is 0 Å². The van der Waals surface area contributed by atoms with Gasteiger partial charge in [-0.3, -0.25) is 30.6 Å². The maximum absolute atomic E-state index is 12.2. The first-order valence-corrected chi connectivity index (χ1v) is 8.08. The smallest absolute Gasteiger partial charge is 0.269 e. The minimum absolute atomic E-state index is 0.0891. The monoisotopic (exact) mass is 334 g/mol. The van der Waals surface area contributed by atoms with Gasteiger partial charge in [-0.2, -0.15) is 0 Å². The van der Waals surface area contributed by atoms with Crippen molar-refractivity contribution in [3.8, 4) is 0 Å². The molecule has 0 saturated carbocycles. The lowest BCUT2D eigenvalue weighted by Gasteiger charge is -2.31. The van der Waals surface area contributed by atoms with Gasteiger partial charge in [-0.05, 0) is 44.5 Å². The highest BCUT2D eigenvalue weighted by molar-refractivity contribution is 5.95. The second kappa shape index (κ2) is 8.39. The molecular weight excluding hydrogens is 312 g/mol. The van der Waals surface area contributed by atoms with Gasteiger partial charge in [0, 0.05) is 24.2 Å². The molecule has 0 aromatic heterocycles. The number of carbonyl (C=O) groups is 2. The summed E-state index contributed by atoms with van der Waals surface area (Å²) in [6.45, 7) is 4.78. The number of non-ortho nitro benzene ring substituents is 1. The molecule has 130 valence electrons. The summed E-state index contributed by atoms with van der Waals surface area (Å²) < 4.78 is 0. The van der Waals surface area contributed by atoms with Gasteiger partial charge in [-0.1, -0.05) is 6.92 Å². The fourth-order valence-corrected chi connectivity index (χ4v) is 2.82. The van der Waals surface area contributed by atoms with Gasteiger partial charge in [-0.25, -0.2) is 0 Å². The summed E-state index contributed by atoms with van der Waals surface area (Å²) in [4.78, 5) is 36.5. The molecule has 2 N–H and O–H groups in total. The van der Waals surface area contributed by atoms with Crippen LogP contribution in [0.1, 0.15) is 36.5 Å². The average molecular weight is 334 g/mol. The molecule has 8 nitrogen and oxygen atoms in total. The van der Waals surface area contributed by atoms with E-state index < -0.39 is 10.8 Å². The summed E-state index contributed by atoms with van der Waals surface area (Å²) in [5.41, 5.74) is 4.97. The molecule has 0 aliphatic carbocycles. The van der Waals surface area contributed by atoms with Crippen LogP contribution >= 0.6 is 0 Å². The Morgan fingerprint density at radius 3 is 2.62 bits per heavy atom. The molecule has 24 heavy (non-hydrogen) atoms. The maximum atomic E-state index is 12.2. The van der Waals surface area contributed by atoms with Crippen molar-refractivity contribution in [2.24, 2.45) is 5.92 Å². The third-order valence-electron chi connectivity index (χ3n) is 4.06. The van der Waals surface area contributed by atoms with Gasteiger partial charge in [0.15, 0.2) is 0 Å². The molecule has 0 bridgehead atoms. The normalized spacial score (nSPS) is 18.0. The third-order valence-corrected chi connectivity index (χ3v) is 4.06. The topological polar surface area (TPSA) is 105 Å². The highest BCUT2D eigenvalue weighted by atomic mass is 16.6. The van der Waals surface area contributed by atoms with E-state index in [-0.39, 0.29) is 23.1 Å². The number of benzene rings is 1. The van der Waals surface area contributed by atoms with Gasteiger partial charge in [-0.15, -0.1) is 0 Å². The molecule has 1 aliphatic heterocycles. The average Bonchev–Trinajstić information content (AvgIpc) is 2.60. The maximum Gasteiger partial charge on any atom is 0.269 e. The van der Waals surface area contributed by atoms with Crippen molar-refractivity contribution >= 4 is 17.5 Å². The quantitative estimate of drug-likeness (QED) is 0.627. The molecular formula is C16H22N4O4. The Bertz CT molecular complexity index is 601. The molecule has 0 radical (unpaired) electrons. The van der Waals surface area contributed by atoms with Crippen LogP contribution in [0, 0.1) is 16.0 Å². The second-order valence-electron chi connectivity index (χ2n) is 5.89. The van der Waals surface area contributed by atoms with Crippen LogP contribution in [0.5, 0.6) is 0 Å². The number of likely N-dealkylation sites (tertiary alicyclic amines) is 1. The third kappa shape index (κ3) is 4.76. The number of hydrogen-bond donors (Lipinski definition) is 2. The van der Waals surface area contributed by atoms with Crippen molar-refractivity contribution in [1.82, 2.24) is 15.8 Å². The Morgan fingerprint density at radius 1 is 1.29 bits per heavy atom. The van der Waals surface area contributed by atoms with E-state index in [1.807, 2.05) is 0 Å². The van der Waals surface area contributed by atoms with Gasteiger partial charge >= 0.3 is 0 Å². The number of carbonyl (C=O) groups excluding carboxylic acids is 2. The van der Waals surface area contributed by atoms with Crippen molar-refractivity contribution < 1.29 is 14.5 Å². The number of hydrazine groups is 1. The summed E-state index contributed by atoms with van der Waals surface area (Å²) in [7, 11) is 0. The van der Waals surface area contributed by atoms with Crippen molar-refractivity contribution in [2.45, 2.75) is 26.2 Å². The Hall–Kier alpha value is -2.48. The molecule has 0 spiro atoms. The van der Waals surface area contributed by atoms with E-state index >= 15 is 0 Å². The highest BCUT2D eigenvalue weighted by Gasteiger charge is 2.25. The minimum atomic E-state index is -0.533. The van der Waals surface area contributed by atoms with Crippen molar-refractivity contribution in [3.05, 3.63) is 39.9 Å². The second-order valence-corrected chi connectivity index (χ2v) is 5.89. The Morgan fingerprint density at radius 2 is 2.00 bits per heavy atom. The number of hydrogen-bond acceptors (Lipinski definition) is 5. The van der Waals surface area contributed by atoms with Crippen LogP contribution in [-0.2, 0) is 4.79 Å². The first kappa shape index (κ1) is 17.9. The number of rotatable bonds is 5. The number of nitro benzene ring substituents is 1. The molecule has 1 aromatic rings. The van der Waals surface area contributed by atoms with Crippen LogP contribution in [0.2, 0.25) is 0 Å². The Labute approximate surface area is 140 Å². The molecule has 1 fully saturated rings. The lowest BCUT2D eigenvalue weighted by atomic mass is 9.97. The first-order valence-electron chi connectivity index (χ1n) is 8.08. The molecule has 2 rings (SSSR count). The summed E-state index contributed by atoms with van der Waals surface area (Å²) in [6.07, 6.45) is 2.82. The Kier molecular flexibility index (Phi) is 6.25. The number of amides is 2. The van der Waals surface area contributed by atoms with E-state index in [0.717, 1.165) is 32.4 Å². The van der Waals surface area contributed by atoms with Crippen molar-refractivity contribution in [3.63, 3.8) is 0 Å². The summed E-state index contributed by atoms with van der Waals surface area (Å²) >= 11 is 0. The summed E-state index contributed by atoms with van der Waals surface area (Å²) in [5, 5.41) is 10.6. The van der Waals surface area contributed by atoms with Gasteiger partial charge in [0.25, 0.3) is 11.6 Å². The van der Waals surface area contributed by atoms with Gasteiger partial charge in [0.1, 0.15) is 0 Å². The van der Waals surface area contributed by atoms with Crippen LogP contribution in [-0.4, -0.2) is 41.3 Å². The summed E-state index contributed by atoms with van der Waals surface area (Å²) in [5.74, 6) is -0.840. The molecule has 1 aromatic carbocycles. The van der Waals surface area contributed by atoms with Crippen LogP contribution < -0.4 is 10.9 Å². The lowest BCUT2D eigenvalue weighted by molar-refractivity contribution is -0.384. The number of nitrogens with zero attached hydrogens (tertiary/aromatic N) is 2. The van der Waals surface area contributed by atoms with E-state index in [4.69, 9.17) is 0 Å². The SMILES string of the molecule is CCCN1CCCC(C(=O)NNC(=O)c2ccc([N+](=O)[O-])cc2)C1. The first-order chi connectivity index (χ1) is 11.5. The molecule has 1 heterocycles. The van der Waals surface area contributed by atoms with Crippen LogP contribution in [0.15, 0.2) is 24.3 Å². The minimum Gasteiger partial charge on any atom is -0.303 e. The van der Waals surface area contributed by atoms with E-state index in [9.17, 15) is 19.7 Å². The zero-order valence-electron chi connectivity index (χ0n) is 13.7. The van der Waals surface area contributed by atoms with Gasteiger partial charge in [0.05, 0.1) is 10.8 Å². The standard InChI is InChI=1S/C16H22N4O4/c1-2-9-19-10-3-4-13(11-19)16(22)18-17-15(21)12-5-7-14(8-6-12)20(23)24/h5-8,13H,2-4,9-11H2,1H3,(H,17,21)(H,18,22). The van der Waals surface area contributed by atoms with E-state index in [1.54, 1.807) is 0 Å². The fourth-order valence-electron chi connectivity index (χ4n) is 2.82. The van der Waals surface area contributed by atoms with Gasteiger partial charge in [0.2, 0.25) is 5.91 Å². The van der Waals surface area contributed by atoms with Crippen LogP contribution in [0.4, 0.5) is 5.69 Å². The van der Waals surface area contributed by atoms with Crippen molar-refractivity contribution in [2.75, 3.05) is 19.6 Å². The molecule has 1 atom stereocenters. The lowest BCUT2D eigenvalue weighted by Crippen LogP contribution is -2.49. The Balaban J connectivity index is 1.84. The zero-order valence-corrected chi connectivity index (χ0v) is 13.7. The number of piperidine rings is 1. The molecule has 2 amide bonds.